The lowest BCUT2D eigenvalue weighted by atomic mass is 10.1. The Morgan fingerprint density at radius 1 is 1.00 bits per heavy atom. The maximum Gasteiger partial charge on any atom is 0.244 e. The highest BCUT2D eigenvalue weighted by atomic mass is 19.1. The molecular formula is C22H28FN5O2. The molecule has 1 aromatic heterocycles. The van der Waals surface area contributed by atoms with Gasteiger partial charge in [0, 0.05) is 31.5 Å². The number of benzene rings is 1. The molecule has 0 atom stereocenters. The molecule has 2 aliphatic heterocycles. The molecule has 1 aromatic carbocycles. The van der Waals surface area contributed by atoms with E-state index in [1.807, 2.05) is 0 Å². The summed E-state index contributed by atoms with van der Waals surface area (Å²) in [5.74, 6) is 0.737. The van der Waals surface area contributed by atoms with E-state index in [1.165, 1.54) is 6.07 Å². The highest BCUT2D eigenvalue weighted by Crippen LogP contribution is 2.26. The van der Waals surface area contributed by atoms with Crippen molar-refractivity contribution in [2.24, 2.45) is 0 Å². The van der Waals surface area contributed by atoms with Crippen molar-refractivity contribution in [3.63, 3.8) is 0 Å². The molecule has 2 aromatic rings. The number of rotatable bonds is 4. The fraction of sp³-hybridized carbons (Fsp3) is 0.545. The first-order valence-electron chi connectivity index (χ1n) is 10.9. The van der Waals surface area contributed by atoms with Crippen LogP contribution in [0.1, 0.15) is 57.2 Å². The molecule has 0 spiro atoms. The summed E-state index contributed by atoms with van der Waals surface area (Å²) in [6.07, 6.45) is 8.53. The fourth-order valence-electron chi connectivity index (χ4n) is 4.20. The first kappa shape index (κ1) is 20.5. The molecule has 1 N–H and O–H groups in total. The van der Waals surface area contributed by atoms with Crippen molar-refractivity contribution in [1.29, 1.82) is 0 Å². The van der Waals surface area contributed by atoms with Gasteiger partial charge < -0.3 is 14.8 Å². The fourth-order valence-corrected chi connectivity index (χ4v) is 4.20. The minimum atomic E-state index is -0.512. The van der Waals surface area contributed by atoms with Crippen LogP contribution in [-0.2, 0) is 22.6 Å². The Bertz CT molecular complexity index is 926. The summed E-state index contributed by atoms with van der Waals surface area (Å²) in [6.45, 7) is 1.36. The molecule has 8 heteroatoms. The van der Waals surface area contributed by atoms with E-state index in [0.717, 1.165) is 69.3 Å². The predicted molar refractivity (Wildman–Crippen MR) is 111 cm³/mol. The van der Waals surface area contributed by atoms with Crippen molar-refractivity contribution in [2.75, 3.05) is 18.4 Å². The van der Waals surface area contributed by atoms with Crippen molar-refractivity contribution >= 4 is 17.5 Å². The standard InChI is InChI=1S/C22H28FN5O2/c23-17-11-10-16(22-26-25-19-8-4-3-7-13-28(19)22)14-18(17)24-20(29)15-27-12-6-2-1-5-9-21(27)30/h10-11,14H,1-9,12-13,15H2,(H,24,29). The van der Waals surface area contributed by atoms with E-state index in [1.54, 1.807) is 17.0 Å². The lowest BCUT2D eigenvalue weighted by Gasteiger charge is -2.24. The summed E-state index contributed by atoms with van der Waals surface area (Å²) in [5.41, 5.74) is 0.817. The molecule has 2 amide bonds. The Hall–Kier alpha value is -2.77. The molecule has 7 nitrogen and oxygen atoms in total. The number of aryl methyl sites for hydroxylation is 1. The Labute approximate surface area is 175 Å². The summed E-state index contributed by atoms with van der Waals surface area (Å²) in [4.78, 5) is 26.4. The van der Waals surface area contributed by atoms with Gasteiger partial charge in [-0.05, 0) is 43.9 Å². The molecule has 2 aliphatic rings. The quantitative estimate of drug-likeness (QED) is 0.831. The normalized spacial score (nSPS) is 17.6. The summed E-state index contributed by atoms with van der Waals surface area (Å²) in [6, 6.07) is 4.60. The second-order valence-electron chi connectivity index (χ2n) is 8.12. The van der Waals surface area contributed by atoms with Crippen LogP contribution in [0.15, 0.2) is 18.2 Å². The van der Waals surface area contributed by atoms with Crippen LogP contribution in [-0.4, -0.2) is 44.6 Å². The van der Waals surface area contributed by atoms with Crippen molar-refractivity contribution in [1.82, 2.24) is 19.7 Å². The first-order valence-corrected chi connectivity index (χ1v) is 10.9. The third-order valence-electron chi connectivity index (χ3n) is 5.86. The monoisotopic (exact) mass is 413 g/mol. The van der Waals surface area contributed by atoms with Crippen LogP contribution < -0.4 is 5.32 Å². The molecular weight excluding hydrogens is 385 g/mol. The smallest absolute Gasteiger partial charge is 0.244 e. The molecule has 0 radical (unpaired) electrons. The van der Waals surface area contributed by atoms with Gasteiger partial charge in [0.2, 0.25) is 11.8 Å². The highest BCUT2D eigenvalue weighted by molar-refractivity contribution is 5.95. The van der Waals surface area contributed by atoms with Gasteiger partial charge in [0.05, 0.1) is 12.2 Å². The first-order chi connectivity index (χ1) is 14.6. The Morgan fingerprint density at radius 2 is 1.77 bits per heavy atom. The topological polar surface area (TPSA) is 80.1 Å². The van der Waals surface area contributed by atoms with E-state index in [2.05, 4.69) is 20.1 Å². The number of fused-ring (bicyclic) bond motifs is 1. The third kappa shape index (κ3) is 4.68. The van der Waals surface area contributed by atoms with E-state index in [4.69, 9.17) is 0 Å². The van der Waals surface area contributed by atoms with E-state index in [-0.39, 0.29) is 24.0 Å². The Kier molecular flexibility index (Phi) is 6.40. The molecule has 0 unspecified atom stereocenters. The van der Waals surface area contributed by atoms with Gasteiger partial charge >= 0.3 is 0 Å². The van der Waals surface area contributed by atoms with Gasteiger partial charge in [0.15, 0.2) is 5.82 Å². The number of aromatic nitrogens is 3. The van der Waals surface area contributed by atoms with Crippen LogP contribution in [0.2, 0.25) is 0 Å². The molecule has 160 valence electrons. The van der Waals surface area contributed by atoms with Gasteiger partial charge in [-0.1, -0.05) is 19.3 Å². The van der Waals surface area contributed by atoms with Gasteiger partial charge in [-0.3, -0.25) is 9.59 Å². The molecule has 30 heavy (non-hydrogen) atoms. The van der Waals surface area contributed by atoms with Crippen LogP contribution >= 0.6 is 0 Å². The van der Waals surface area contributed by atoms with Crippen LogP contribution in [0.3, 0.4) is 0 Å². The van der Waals surface area contributed by atoms with Crippen LogP contribution in [0.4, 0.5) is 10.1 Å². The van der Waals surface area contributed by atoms with E-state index >= 15 is 0 Å². The van der Waals surface area contributed by atoms with E-state index in [0.29, 0.717) is 18.8 Å². The largest absolute Gasteiger partial charge is 0.333 e. The number of hydrogen-bond acceptors (Lipinski definition) is 4. The number of amides is 2. The third-order valence-corrected chi connectivity index (χ3v) is 5.86. The number of nitrogens with zero attached hydrogens (tertiary/aromatic N) is 4. The zero-order chi connectivity index (χ0) is 20.9. The predicted octanol–water partition coefficient (Wildman–Crippen LogP) is 3.54. The van der Waals surface area contributed by atoms with Gasteiger partial charge in [-0.25, -0.2) is 4.39 Å². The second-order valence-corrected chi connectivity index (χ2v) is 8.12. The number of anilines is 1. The number of nitrogens with one attached hydrogen (secondary N) is 1. The van der Waals surface area contributed by atoms with Crippen molar-refractivity contribution in [3.05, 3.63) is 29.8 Å². The van der Waals surface area contributed by atoms with Crippen molar-refractivity contribution in [3.8, 4) is 11.4 Å². The van der Waals surface area contributed by atoms with Crippen LogP contribution in [0.25, 0.3) is 11.4 Å². The van der Waals surface area contributed by atoms with Crippen LogP contribution in [0.5, 0.6) is 0 Å². The number of likely N-dealkylation sites (tertiary alicyclic amines) is 1. The Balaban J connectivity index is 1.49. The Morgan fingerprint density at radius 3 is 2.67 bits per heavy atom. The van der Waals surface area contributed by atoms with Crippen LogP contribution in [0, 0.1) is 5.82 Å². The number of hydrogen-bond donors (Lipinski definition) is 1. The van der Waals surface area contributed by atoms with Crippen molar-refractivity contribution < 1.29 is 14.0 Å². The van der Waals surface area contributed by atoms with Crippen molar-refractivity contribution in [2.45, 2.75) is 64.3 Å². The molecule has 0 bridgehead atoms. The molecule has 1 saturated heterocycles. The zero-order valence-electron chi connectivity index (χ0n) is 17.2. The average Bonchev–Trinajstić information content (AvgIpc) is 2.97. The zero-order valence-corrected chi connectivity index (χ0v) is 17.2. The SMILES string of the molecule is O=C(CN1CCCCCCC1=O)Nc1cc(-c2nnc3n2CCCCC3)ccc1F. The van der Waals surface area contributed by atoms with Gasteiger partial charge in [-0.15, -0.1) is 10.2 Å². The molecule has 0 aliphatic carbocycles. The molecule has 1 fully saturated rings. The summed E-state index contributed by atoms with van der Waals surface area (Å²) >= 11 is 0. The lowest BCUT2D eigenvalue weighted by molar-refractivity contribution is -0.135. The number of halogens is 1. The maximum absolute atomic E-state index is 14.4. The van der Waals surface area contributed by atoms with E-state index < -0.39 is 5.82 Å². The minimum Gasteiger partial charge on any atom is -0.333 e. The average molecular weight is 413 g/mol. The summed E-state index contributed by atoms with van der Waals surface area (Å²) in [7, 11) is 0. The molecule has 3 heterocycles. The van der Waals surface area contributed by atoms with Gasteiger partial charge in [0.1, 0.15) is 11.6 Å². The summed E-state index contributed by atoms with van der Waals surface area (Å²) in [5, 5.41) is 11.2. The number of carbonyl (C=O) groups is 2. The van der Waals surface area contributed by atoms with E-state index in [9.17, 15) is 14.0 Å². The lowest BCUT2D eigenvalue weighted by Crippen LogP contribution is -2.39. The second kappa shape index (κ2) is 9.36. The maximum atomic E-state index is 14.4. The minimum absolute atomic E-state index is 0.00905. The molecule has 0 saturated carbocycles. The summed E-state index contributed by atoms with van der Waals surface area (Å²) < 4.78 is 16.5. The van der Waals surface area contributed by atoms with Gasteiger partial charge in [0.25, 0.3) is 0 Å². The van der Waals surface area contributed by atoms with Gasteiger partial charge in [-0.2, -0.15) is 0 Å². The molecule has 4 rings (SSSR count). The highest BCUT2D eigenvalue weighted by Gasteiger charge is 2.20. The number of carbonyl (C=O) groups excluding carboxylic acids is 2.